The standard InChI is InChI=1S/C20H27N3O4/c1-22(13-18(24)23-8-2-3-9-23)20(25)21-19(14-4-5-14)15-6-7-16-17(12-15)27-11-10-26-16/h6-7,12,14,19H,2-5,8-11,13H2,1H3,(H,21,25)/t19-/m0/s1. The van der Waals surface area contributed by atoms with Crippen LogP contribution in [0.15, 0.2) is 18.2 Å². The van der Waals surface area contributed by atoms with E-state index >= 15 is 0 Å². The van der Waals surface area contributed by atoms with Crippen LogP contribution in [0.2, 0.25) is 0 Å². The van der Waals surface area contributed by atoms with Crippen molar-refractivity contribution in [3.63, 3.8) is 0 Å². The number of fused-ring (bicyclic) bond motifs is 1. The van der Waals surface area contributed by atoms with E-state index in [4.69, 9.17) is 9.47 Å². The second-order valence-corrected chi connectivity index (χ2v) is 7.61. The molecule has 1 aromatic rings. The van der Waals surface area contributed by atoms with Crippen LogP contribution in [0.1, 0.15) is 37.3 Å². The molecule has 146 valence electrons. The Kier molecular flexibility index (Phi) is 5.09. The number of amides is 3. The van der Waals surface area contributed by atoms with E-state index in [2.05, 4.69) is 5.32 Å². The molecular formula is C20H27N3O4. The zero-order valence-corrected chi connectivity index (χ0v) is 15.8. The van der Waals surface area contributed by atoms with Crippen LogP contribution in [0.25, 0.3) is 0 Å². The van der Waals surface area contributed by atoms with Gasteiger partial charge in [0.1, 0.15) is 19.8 Å². The maximum absolute atomic E-state index is 12.7. The minimum absolute atomic E-state index is 0.0208. The Labute approximate surface area is 159 Å². The number of hydrogen-bond donors (Lipinski definition) is 1. The van der Waals surface area contributed by atoms with E-state index in [1.807, 2.05) is 23.1 Å². The quantitative estimate of drug-likeness (QED) is 0.859. The third-order valence-corrected chi connectivity index (χ3v) is 5.48. The fraction of sp³-hybridized carbons (Fsp3) is 0.600. The molecular weight excluding hydrogens is 346 g/mol. The molecule has 1 N–H and O–H groups in total. The highest BCUT2D eigenvalue weighted by Crippen LogP contribution is 2.43. The molecule has 1 aromatic carbocycles. The van der Waals surface area contributed by atoms with Crippen molar-refractivity contribution in [2.75, 3.05) is 39.9 Å². The number of hydrogen-bond acceptors (Lipinski definition) is 4. The SMILES string of the molecule is CN(CC(=O)N1CCCC1)C(=O)N[C@H](c1ccc2c(c1)OCCO2)C1CC1. The first kappa shape index (κ1) is 17.9. The van der Waals surface area contributed by atoms with Crippen molar-refractivity contribution < 1.29 is 19.1 Å². The van der Waals surface area contributed by atoms with Gasteiger partial charge in [-0.3, -0.25) is 4.79 Å². The lowest BCUT2D eigenvalue weighted by molar-refractivity contribution is -0.130. The van der Waals surface area contributed by atoms with E-state index in [0.29, 0.717) is 19.1 Å². The van der Waals surface area contributed by atoms with Crippen LogP contribution in [0.3, 0.4) is 0 Å². The highest BCUT2D eigenvalue weighted by Gasteiger charge is 2.35. The molecule has 0 spiro atoms. The molecule has 2 fully saturated rings. The molecule has 0 unspecified atom stereocenters. The van der Waals surface area contributed by atoms with E-state index < -0.39 is 0 Å². The number of carbonyl (C=O) groups excluding carboxylic acids is 2. The summed E-state index contributed by atoms with van der Waals surface area (Å²) in [5.41, 5.74) is 1.02. The zero-order valence-electron chi connectivity index (χ0n) is 15.8. The van der Waals surface area contributed by atoms with Gasteiger partial charge in [-0.2, -0.15) is 0 Å². The van der Waals surface area contributed by atoms with E-state index in [1.54, 1.807) is 7.05 Å². The average molecular weight is 373 g/mol. The fourth-order valence-electron chi connectivity index (χ4n) is 3.74. The summed E-state index contributed by atoms with van der Waals surface area (Å²) in [7, 11) is 1.68. The molecule has 3 amide bonds. The summed E-state index contributed by atoms with van der Waals surface area (Å²) in [6.45, 7) is 2.82. The Bertz CT molecular complexity index is 713. The fourth-order valence-corrected chi connectivity index (χ4v) is 3.74. The van der Waals surface area contributed by atoms with Crippen molar-refractivity contribution in [3.8, 4) is 11.5 Å². The maximum Gasteiger partial charge on any atom is 0.318 e. The topological polar surface area (TPSA) is 71.1 Å². The number of likely N-dealkylation sites (N-methyl/N-ethyl adjacent to an activating group) is 1. The zero-order chi connectivity index (χ0) is 18.8. The molecule has 7 heteroatoms. The monoisotopic (exact) mass is 373 g/mol. The highest BCUT2D eigenvalue weighted by molar-refractivity contribution is 5.84. The molecule has 1 aliphatic carbocycles. The van der Waals surface area contributed by atoms with E-state index in [-0.39, 0.29) is 24.5 Å². The lowest BCUT2D eigenvalue weighted by atomic mass is 10.0. The lowest BCUT2D eigenvalue weighted by Crippen LogP contribution is -2.45. The number of rotatable bonds is 5. The van der Waals surface area contributed by atoms with Gasteiger partial charge in [0.15, 0.2) is 11.5 Å². The Morgan fingerprint density at radius 2 is 1.89 bits per heavy atom. The van der Waals surface area contributed by atoms with E-state index in [0.717, 1.165) is 55.8 Å². The van der Waals surface area contributed by atoms with Crippen LogP contribution in [0.4, 0.5) is 4.79 Å². The molecule has 0 radical (unpaired) electrons. The largest absolute Gasteiger partial charge is 0.486 e. The summed E-state index contributed by atoms with van der Waals surface area (Å²) < 4.78 is 11.3. The second kappa shape index (κ2) is 7.66. The first-order chi connectivity index (χ1) is 13.1. The predicted molar refractivity (Wildman–Crippen MR) is 99.9 cm³/mol. The minimum atomic E-state index is -0.214. The normalized spacial score (nSPS) is 19.5. The van der Waals surface area contributed by atoms with Gasteiger partial charge in [0, 0.05) is 20.1 Å². The molecule has 1 saturated carbocycles. The van der Waals surface area contributed by atoms with Crippen molar-refractivity contribution in [1.29, 1.82) is 0 Å². The molecule has 0 bridgehead atoms. The molecule has 2 heterocycles. The Morgan fingerprint density at radius 3 is 2.59 bits per heavy atom. The highest BCUT2D eigenvalue weighted by atomic mass is 16.6. The third-order valence-electron chi connectivity index (χ3n) is 5.48. The Balaban J connectivity index is 1.40. The maximum atomic E-state index is 12.7. The number of benzene rings is 1. The first-order valence-electron chi connectivity index (χ1n) is 9.81. The second-order valence-electron chi connectivity index (χ2n) is 7.61. The number of nitrogens with zero attached hydrogens (tertiary/aromatic N) is 2. The summed E-state index contributed by atoms with van der Waals surface area (Å²) in [5.74, 6) is 1.93. The summed E-state index contributed by atoms with van der Waals surface area (Å²) in [6, 6.07) is 5.58. The third kappa shape index (κ3) is 4.12. The van der Waals surface area contributed by atoms with Gasteiger partial charge in [-0.1, -0.05) is 6.07 Å². The number of ether oxygens (including phenoxy) is 2. The summed E-state index contributed by atoms with van der Waals surface area (Å²) >= 11 is 0. The lowest BCUT2D eigenvalue weighted by Gasteiger charge is -2.26. The number of carbonyl (C=O) groups is 2. The molecule has 1 atom stereocenters. The van der Waals surface area contributed by atoms with Crippen LogP contribution in [0, 0.1) is 5.92 Å². The predicted octanol–water partition coefficient (Wildman–Crippen LogP) is 2.17. The van der Waals surface area contributed by atoms with Gasteiger partial charge < -0.3 is 24.6 Å². The van der Waals surface area contributed by atoms with Gasteiger partial charge in [-0.25, -0.2) is 4.79 Å². The smallest absolute Gasteiger partial charge is 0.318 e. The Morgan fingerprint density at radius 1 is 1.19 bits per heavy atom. The summed E-state index contributed by atoms with van der Waals surface area (Å²) in [4.78, 5) is 28.3. The van der Waals surface area contributed by atoms with Crippen LogP contribution < -0.4 is 14.8 Å². The summed E-state index contributed by atoms with van der Waals surface area (Å²) in [5, 5.41) is 3.12. The van der Waals surface area contributed by atoms with Crippen molar-refractivity contribution in [1.82, 2.24) is 15.1 Å². The summed E-state index contributed by atoms with van der Waals surface area (Å²) in [6.07, 6.45) is 4.29. The average Bonchev–Trinajstić information content (AvgIpc) is 3.37. The van der Waals surface area contributed by atoms with Crippen LogP contribution in [-0.4, -0.2) is 61.6 Å². The van der Waals surface area contributed by atoms with Gasteiger partial charge in [0.2, 0.25) is 5.91 Å². The van der Waals surface area contributed by atoms with Gasteiger partial charge in [-0.15, -0.1) is 0 Å². The van der Waals surface area contributed by atoms with E-state index in [9.17, 15) is 9.59 Å². The van der Waals surface area contributed by atoms with Crippen LogP contribution >= 0.6 is 0 Å². The first-order valence-corrected chi connectivity index (χ1v) is 9.81. The van der Waals surface area contributed by atoms with Crippen molar-refractivity contribution in [2.45, 2.75) is 31.7 Å². The molecule has 4 rings (SSSR count). The number of likely N-dealkylation sites (tertiary alicyclic amines) is 1. The van der Waals surface area contributed by atoms with Gasteiger partial charge in [-0.05, 0) is 49.3 Å². The minimum Gasteiger partial charge on any atom is -0.486 e. The Hall–Kier alpha value is -2.44. The molecule has 1 saturated heterocycles. The number of nitrogens with one attached hydrogen (secondary N) is 1. The van der Waals surface area contributed by atoms with Crippen molar-refractivity contribution in [2.24, 2.45) is 5.92 Å². The van der Waals surface area contributed by atoms with Crippen LogP contribution in [-0.2, 0) is 4.79 Å². The molecule has 3 aliphatic rings. The van der Waals surface area contributed by atoms with Gasteiger partial charge in [0.05, 0.1) is 6.04 Å². The molecule has 7 nitrogen and oxygen atoms in total. The number of urea groups is 1. The van der Waals surface area contributed by atoms with Crippen molar-refractivity contribution in [3.05, 3.63) is 23.8 Å². The molecule has 2 aliphatic heterocycles. The van der Waals surface area contributed by atoms with Gasteiger partial charge in [0.25, 0.3) is 0 Å². The van der Waals surface area contributed by atoms with Crippen LogP contribution in [0.5, 0.6) is 11.5 Å². The van der Waals surface area contributed by atoms with Crippen molar-refractivity contribution >= 4 is 11.9 Å². The molecule has 27 heavy (non-hydrogen) atoms. The van der Waals surface area contributed by atoms with E-state index in [1.165, 1.54) is 4.90 Å². The molecule has 0 aromatic heterocycles. The van der Waals surface area contributed by atoms with Gasteiger partial charge >= 0.3 is 6.03 Å².